The zero-order chi connectivity index (χ0) is 19.9. The minimum absolute atomic E-state index is 0.132. The van der Waals surface area contributed by atoms with Crippen LogP contribution >= 0.6 is 0 Å². The number of aromatic nitrogens is 1. The average molecular weight is 391 g/mol. The molecule has 0 spiro atoms. The van der Waals surface area contributed by atoms with Crippen molar-refractivity contribution in [3.8, 4) is 5.75 Å². The molecular formula is C23H25N3O3. The highest BCUT2D eigenvalue weighted by Crippen LogP contribution is 2.17. The number of hydrogen-bond acceptors (Lipinski definition) is 5. The van der Waals surface area contributed by atoms with Gasteiger partial charge in [0.2, 0.25) is 0 Å². The molecule has 0 saturated carbocycles. The Labute approximate surface area is 170 Å². The van der Waals surface area contributed by atoms with Gasteiger partial charge in [-0.15, -0.1) is 0 Å². The Morgan fingerprint density at radius 1 is 1.10 bits per heavy atom. The molecule has 3 aromatic rings. The maximum Gasteiger partial charge on any atom is 0.253 e. The van der Waals surface area contributed by atoms with Crippen molar-refractivity contribution in [1.29, 1.82) is 0 Å². The number of nitrogens with zero attached hydrogens (tertiary/aromatic N) is 2. The van der Waals surface area contributed by atoms with E-state index in [-0.39, 0.29) is 5.91 Å². The van der Waals surface area contributed by atoms with Crippen molar-refractivity contribution in [2.24, 2.45) is 0 Å². The third-order valence-electron chi connectivity index (χ3n) is 5.01. The molecule has 29 heavy (non-hydrogen) atoms. The molecule has 6 heteroatoms. The first-order chi connectivity index (χ1) is 14.3. The molecule has 1 aliphatic heterocycles. The van der Waals surface area contributed by atoms with Crippen LogP contribution in [0, 0.1) is 0 Å². The lowest BCUT2D eigenvalue weighted by molar-refractivity contribution is 0.0322. The summed E-state index contributed by atoms with van der Waals surface area (Å²) in [6.45, 7) is 5.46. The molecule has 0 radical (unpaired) electrons. The normalized spacial score (nSPS) is 14.6. The number of fused-ring (bicyclic) bond motifs is 1. The lowest BCUT2D eigenvalue weighted by Crippen LogP contribution is -2.38. The van der Waals surface area contributed by atoms with Gasteiger partial charge in [-0.1, -0.05) is 30.3 Å². The number of rotatable bonds is 7. The Morgan fingerprint density at radius 2 is 1.93 bits per heavy atom. The number of amides is 1. The van der Waals surface area contributed by atoms with Crippen LogP contribution in [0.4, 0.5) is 0 Å². The summed E-state index contributed by atoms with van der Waals surface area (Å²) in [6, 6.07) is 17.3. The van der Waals surface area contributed by atoms with E-state index in [0.29, 0.717) is 24.2 Å². The van der Waals surface area contributed by atoms with Gasteiger partial charge in [-0.2, -0.15) is 0 Å². The zero-order valence-electron chi connectivity index (χ0n) is 16.3. The third kappa shape index (κ3) is 5.10. The van der Waals surface area contributed by atoms with E-state index < -0.39 is 0 Å². The number of pyridine rings is 1. The van der Waals surface area contributed by atoms with Gasteiger partial charge in [-0.25, -0.2) is 0 Å². The smallest absolute Gasteiger partial charge is 0.253 e. The van der Waals surface area contributed by atoms with E-state index in [9.17, 15) is 4.79 Å². The summed E-state index contributed by atoms with van der Waals surface area (Å²) >= 11 is 0. The summed E-state index contributed by atoms with van der Waals surface area (Å²) in [5.74, 6) is 0.685. The van der Waals surface area contributed by atoms with Gasteiger partial charge in [-0.3, -0.25) is 14.7 Å². The van der Waals surface area contributed by atoms with Crippen LogP contribution in [-0.2, 0) is 11.3 Å². The minimum Gasteiger partial charge on any atom is -0.492 e. The average Bonchev–Trinajstić information content (AvgIpc) is 2.78. The number of morpholine rings is 1. The molecule has 2 aromatic carbocycles. The molecule has 1 amide bonds. The minimum atomic E-state index is -0.132. The van der Waals surface area contributed by atoms with Gasteiger partial charge < -0.3 is 14.8 Å². The van der Waals surface area contributed by atoms with Gasteiger partial charge in [0.1, 0.15) is 12.4 Å². The van der Waals surface area contributed by atoms with E-state index in [1.165, 1.54) is 0 Å². The van der Waals surface area contributed by atoms with Crippen molar-refractivity contribution >= 4 is 16.8 Å². The summed E-state index contributed by atoms with van der Waals surface area (Å²) in [4.78, 5) is 19.4. The predicted octanol–water partition coefficient (Wildman–Crippen LogP) is 2.88. The molecule has 150 valence electrons. The number of carbonyl (C=O) groups excluding carboxylic acids is 1. The second-order valence-electron chi connectivity index (χ2n) is 7.01. The topological polar surface area (TPSA) is 63.7 Å². The van der Waals surface area contributed by atoms with Crippen molar-refractivity contribution in [3.63, 3.8) is 0 Å². The fraction of sp³-hybridized carbons (Fsp3) is 0.304. The van der Waals surface area contributed by atoms with E-state index in [2.05, 4.69) is 15.2 Å². The van der Waals surface area contributed by atoms with Gasteiger partial charge in [0, 0.05) is 37.8 Å². The summed E-state index contributed by atoms with van der Waals surface area (Å²) in [6.07, 6.45) is 1.71. The van der Waals surface area contributed by atoms with Crippen molar-refractivity contribution < 1.29 is 14.3 Å². The van der Waals surface area contributed by atoms with Crippen LogP contribution in [0.15, 0.2) is 60.8 Å². The van der Waals surface area contributed by atoms with Gasteiger partial charge in [-0.05, 0) is 29.8 Å². The summed E-state index contributed by atoms with van der Waals surface area (Å²) in [5, 5.41) is 3.94. The van der Waals surface area contributed by atoms with Crippen LogP contribution in [0.5, 0.6) is 5.75 Å². The second kappa shape index (κ2) is 9.49. The second-order valence-corrected chi connectivity index (χ2v) is 7.01. The van der Waals surface area contributed by atoms with E-state index in [1.807, 2.05) is 48.5 Å². The third-order valence-corrected chi connectivity index (χ3v) is 5.01. The number of nitrogens with one attached hydrogen (secondary N) is 1. The summed E-state index contributed by atoms with van der Waals surface area (Å²) in [7, 11) is 0. The summed E-state index contributed by atoms with van der Waals surface area (Å²) < 4.78 is 11.3. The Hall–Kier alpha value is -2.96. The highest BCUT2D eigenvalue weighted by molar-refractivity contribution is 6.05. The van der Waals surface area contributed by atoms with E-state index in [0.717, 1.165) is 49.5 Å². The Bertz CT molecular complexity index is 965. The van der Waals surface area contributed by atoms with E-state index >= 15 is 0 Å². The predicted molar refractivity (Wildman–Crippen MR) is 112 cm³/mol. The Morgan fingerprint density at radius 3 is 2.83 bits per heavy atom. The van der Waals surface area contributed by atoms with Gasteiger partial charge in [0.25, 0.3) is 5.91 Å². The molecule has 0 unspecified atom stereocenters. The SMILES string of the molecule is O=C(NCc1cccc(OCCN2CCOCC2)c1)c1cccc2cccnc12. The first kappa shape index (κ1) is 19.4. The number of benzene rings is 2. The largest absolute Gasteiger partial charge is 0.492 e. The molecule has 6 nitrogen and oxygen atoms in total. The standard InChI is InChI=1S/C23H25N3O3/c27-23(21-8-2-5-19-6-3-9-24-22(19)21)25-17-18-4-1-7-20(16-18)29-15-12-26-10-13-28-14-11-26/h1-9,16H,10-15,17H2,(H,25,27). The van der Waals surface area contributed by atoms with Crippen molar-refractivity contribution in [2.75, 3.05) is 39.5 Å². The number of carbonyl (C=O) groups is 1. The molecule has 2 heterocycles. The molecule has 0 bridgehead atoms. The summed E-state index contributed by atoms with van der Waals surface area (Å²) in [5.41, 5.74) is 2.30. The van der Waals surface area contributed by atoms with E-state index in [4.69, 9.17) is 9.47 Å². The van der Waals surface area contributed by atoms with Crippen molar-refractivity contribution in [2.45, 2.75) is 6.54 Å². The quantitative estimate of drug-likeness (QED) is 0.671. The molecule has 1 aromatic heterocycles. The molecule has 1 fully saturated rings. The Kier molecular flexibility index (Phi) is 6.34. The maximum absolute atomic E-state index is 12.7. The van der Waals surface area contributed by atoms with Crippen LogP contribution in [-0.4, -0.2) is 55.2 Å². The highest BCUT2D eigenvalue weighted by atomic mass is 16.5. The van der Waals surface area contributed by atoms with Crippen LogP contribution in [0.2, 0.25) is 0 Å². The van der Waals surface area contributed by atoms with Crippen LogP contribution < -0.4 is 10.1 Å². The first-order valence-corrected chi connectivity index (χ1v) is 9.93. The van der Waals surface area contributed by atoms with Gasteiger partial charge in [0.05, 0.1) is 24.3 Å². The number of hydrogen-bond donors (Lipinski definition) is 1. The van der Waals surface area contributed by atoms with Crippen molar-refractivity contribution in [1.82, 2.24) is 15.2 Å². The molecule has 0 aliphatic carbocycles. The molecular weight excluding hydrogens is 366 g/mol. The lowest BCUT2D eigenvalue weighted by Gasteiger charge is -2.26. The van der Waals surface area contributed by atoms with Crippen LogP contribution in [0.25, 0.3) is 10.9 Å². The first-order valence-electron chi connectivity index (χ1n) is 9.93. The molecule has 1 saturated heterocycles. The highest BCUT2D eigenvalue weighted by Gasteiger charge is 2.11. The monoisotopic (exact) mass is 391 g/mol. The number of para-hydroxylation sites is 1. The van der Waals surface area contributed by atoms with Gasteiger partial charge in [0.15, 0.2) is 0 Å². The van der Waals surface area contributed by atoms with Crippen LogP contribution in [0.3, 0.4) is 0 Å². The lowest BCUT2D eigenvalue weighted by atomic mass is 10.1. The molecule has 1 aliphatic rings. The van der Waals surface area contributed by atoms with Crippen molar-refractivity contribution in [3.05, 3.63) is 71.9 Å². The Balaban J connectivity index is 1.32. The number of ether oxygens (including phenoxy) is 2. The molecule has 1 N–H and O–H groups in total. The van der Waals surface area contributed by atoms with E-state index in [1.54, 1.807) is 12.3 Å². The molecule has 4 rings (SSSR count). The fourth-order valence-electron chi connectivity index (χ4n) is 3.43. The zero-order valence-corrected chi connectivity index (χ0v) is 16.3. The van der Waals surface area contributed by atoms with Crippen LogP contribution in [0.1, 0.15) is 15.9 Å². The van der Waals surface area contributed by atoms with Gasteiger partial charge >= 0.3 is 0 Å². The fourth-order valence-corrected chi connectivity index (χ4v) is 3.43. The molecule has 0 atom stereocenters. The maximum atomic E-state index is 12.7.